The van der Waals surface area contributed by atoms with Gasteiger partial charge in [0, 0.05) is 22.8 Å². The number of hydrogen-bond donors (Lipinski definition) is 0. The van der Waals surface area contributed by atoms with Crippen molar-refractivity contribution in [3.05, 3.63) is 93.4 Å². The van der Waals surface area contributed by atoms with E-state index in [9.17, 15) is 4.79 Å². The topological polar surface area (TPSA) is 60.9 Å². The minimum atomic E-state index is -0.105. The van der Waals surface area contributed by atoms with Crippen molar-refractivity contribution in [2.45, 2.75) is 13.5 Å². The van der Waals surface area contributed by atoms with Gasteiger partial charge in [-0.3, -0.25) is 4.79 Å². The van der Waals surface area contributed by atoms with Gasteiger partial charge in [-0.2, -0.15) is 4.98 Å². The summed E-state index contributed by atoms with van der Waals surface area (Å²) in [5.74, 6) is 0.885. The van der Waals surface area contributed by atoms with Crippen LogP contribution in [0.25, 0.3) is 22.8 Å². The Balaban J connectivity index is 1.64. The van der Waals surface area contributed by atoms with E-state index in [4.69, 9.17) is 16.1 Å². The SMILES string of the molecule is Cc1ccc(-c2noc(-c3ccc(=O)n(Cc4ccc(Cl)cc4)c3)n2)cc1. The van der Waals surface area contributed by atoms with E-state index in [1.165, 1.54) is 6.07 Å². The number of nitrogens with zero attached hydrogens (tertiary/aromatic N) is 3. The Morgan fingerprint density at radius 3 is 2.41 bits per heavy atom. The van der Waals surface area contributed by atoms with Crippen molar-refractivity contribution < 1.29 is 4.52 Å². The third-order valence-electron chi connectivity index (χ3n) is 4.23. The molecule has 0 atom stereocenters. The van der Waals surface area contributed by atoms with Crippen LogP contribution in [0, 0.1) is 6.92 Å². The molecule has 0 bridgehead atoms. The summed E-state index contributed by atoms with van der Waals surface area (Å²) in [7, 11) is 0. The molecule has 0 aliphatic rings. The summed E-state index contributed by atoms with van der Waals surface area (Å²) >= 11 is 5.92. The molecule has 134 valence electrons. The van der Waals surface area contributed by atoms with E-state index in [1.54, 1.807) is 29.0 Å². The molecule has 0 saturated carbocycles. The van der Waals surface area contributed by atoms with Crippen LogP contribution in [-0.4, -0.2) is 14.7 Å². The van der Waals surface area contributed by atoms with Crippen molar-refractivity contribution in [3.63, 3.8) is 0 Å². The third-order valence-corrected chi connectivity index (χ3v) is 4.48. The summed E-state index contributed by atoms with van der Waals surface area (Å²) in [5.41, 5.74) is 3.60. The maximum atomic E-state index is 12.2. The van der Waals surface area contributed by atoms with E-state index in [0.717, 1.165) is 16.7 Å². The molecule has 6 heteroatoms. The molecule has 0 aliphatic heterocycles. The highest BCUT2D eigenvalue weighted by Crippen LogP contribution is 2.22. The Morgan fingerprint density at radius 1 is 0.963 bits per heavy atom. The average Bonchev–Trinajstić information content (AvgIpc) is 3.16. The summed E-state index contributed by atoms with van der Waals surface area (Å²) < 4.78 is 7.01. The first-order chi connectivity index (χ1) is 13.1. The fourth-order valence-corrected chi connectivity index (χ4v) is 2.85. The minimum Gasteiger partial charge on any atom is -0.334 e. The Labute approximate surface area is 160 Å². The van der Waals surface area contributed by atoms with Crippen molar-refractivity contribution >= 4 is 11.6 Å². The van der Waals surface area contributed by atoms with Gasteiger partial charge in [-0.25, -0.2) is 0 Å². The predicted octanol–water partition coefficient (Wildman–Crippen LogP) is 4.58. The van der Waals surface area contributed by atoms with Crippen LogP contribution < -0.4 is 5.56 Å². The molecule has 0 amide bonds. The number of pyridine rings is 1. The molecule has 0 saturated heterocycles. The fourth-order valence-electron chi connectivity index (χ4n) is 2.73. The molecule has 2 aromatic carbocycles. The van der Waals surface area contributed by atoms with Crippen molar-refractivity contribution in [3.8, 4) is 22.8 Å². The predicted molar refractivity (Wildman–Crippen MR) is 105 cm³/mol. The van der Waals surface area contributed by atoms with E-state index in [0.29, 0.717) is 28.8 Å². The van der Waals surface area contributed by atoms with Crippen LogP contribution in [0.1, 0.15) is 11.1 Å². The second kappa shape index (κ2) is 7.21. The minimum absolute atomic E-state index is 0.105. The molecular weight excluding hydrogens is 362 g/mol. The molecule has 0 fully saturated rings. The molecule has 5 nitrogen and oxygen atoms in total. The maximum Gasteiger partial charge on any atom is 0.259 e. The highest BCUT2D eigenvalue weighted by molar-refractivity contribution is 6.30. The molecular formula is C21H16ClN3O2. The van der Waals surface area contributed by atoms with Gasteiger partial charge in [-0.05, 0) is 30.7 Å². The van der Waals surface area contributed by atoms with Gasteiger partial charge in [0.25, 0.3) is 11.4 Å². The van der Waals surface area contributed by atoms with Crippen LogP contribution in [0.3, 0.4) is 0 Å². The summed E-state index contributed by atoms with van der Waals surface area (Å²) in [6.07, 6.45) is 1.73. The molecule has 0 radical (unpaired) electrons. The van der Waals surface area contributed by atoms with Crippen LogP contribution in [0.5, 0.6) is 0 Å². The van der Waals surface area contributed by atoms with Crippen molar-refractivity contribution in [1.29, 1.82) is 0 Å². The van der Waals surface area contributed by atoms with Crippen molar-refractivity contribution in [1.82, 2.24) is 14.7 Å². The molecule has 4 aromatic rings. The monoisotopic (exact) mass is 377 g/mol. The van der Waals surface area contributed by atoms with E-state index < -0.39 is 0 Å². The van der Waals surface area contributed by atoms with Crippen LogP contribution in [-0.2, 0) is 6.54 Å². The van der Waals surface area contributed by atoms with Crippen LogP contribution in [0.4, 0.5) is 0 Å². The van der Waals surface area contributed by atoms with Crippen molar-refractivity contribution in [2.24, 2.45) is 0 Å². The average molecular weight is 378 g/mol. The van der Waals surface area contributed by atoms with E-state index >= 15 is 0 Å². The lowest BCUT2D eigenvalue weighted by molar-refractivity contribution is 0.432. The first kappa shape index (κ1) is 17.2. The first-order valence-corrected chi connectivity index (χ1v) is 8.82. The summed E-state index contributed by atoms with van der Waals surface area (Å²) in [6, 6.07) is 18.5. The van der Waals surface area contributed by atoms with E-state index in [-0.39, 0.29) is 5.56 Å². The first-order valence-electron chi connectivity index (χ1n) is 8.44. The highest BCUT2D eigenvalue weighted by Gasteiger charge is 2.12. The van der Waals surface area contributed by atoms with E-state index in [2.05, 4.69) is 10.1 Å². The highest BCUT2D eigenvalue weighted by atomic mass is 35.5. The second-order valence-electron chi connectivity index (χ2n) is 6.30. The Bertz CT molecular complexity index is 1130. The third kappa shape index (κ3) is 3.83. The van der Waals surface area contributed by atoms with Crippen LogP contribution in [0.15, 0.2) is 76.2 Å². The molecule has 27 heavy (non-hydrogen) atoms. The van der Waals surface area contributed by atoms with Gasteiger partial charge in [-0.1, -0.05) is 58.7 Å². The lowest BCUT2D eigenvalue weighted by Crippen LogP contribution is -2.19. The second-order valence-corrected chi connectivity index (χ2v) is 6.74. The van der Waals surface area contributed by atoms with Gasteiger partial charge in [0.1, 0.15) is 0 Å². The molecule has 0 unspecified atom stereocenters. The molecule has 2 heterocycles. The quantitative estimate of drug-likeness (QED) is 0.522. The van der Waals surface area contributed by atoms with Gasteiger partial charge in [-0.15, -0.1) is 0 Å². The zero-order valence-electron chi connectivity index (χ0n) is 14.6. The number of halogens is 1. The number of rotatable bonds is 4. The van der Waals surface area contributed by atoms with Gasteiger partial charge >= 0.3 is 0 Å². The molecule has 4 rings (SSSR count). The zero-order chi connectivity index (χ0) is 18.8. The van der Waals surface area contributed by atoms with Gasteiger partial charge < -0.3 is 9.09 Å². The Morgan fingerprint density at radius 2 is 1.67 bits per heavy atom. The smallest absolute Gasteiger partial charge is 0.259 e. The molecule has 0 N–H and O–H groups in total. The number of benzene rings is 2. The summed E-state index contributed by atoms with van der Waals surface area (Å²) in [4.78, 5) is 16.7. The van der Waals surface area contributed by atoms with Gasteiger partial charge in [0.05, 0.1) is 12.1 Å². The number of hydrogen-bond acceptors (Lipinski definition) is 4. The molecule has 0 aliphatic carbocycles. The lowest BCUT2D eigenvalue weighted by Gasteiger charge is -2.07. The zero-order valence-corrected chi connectivity index (χ0v) is 15.3. The lowest BCUT2D eigenvalue weighted by atomic mass is 10.1. The Kier molecular flexibility index (Phi) is 4.60. The molecule has 0 spiro atoms. The Hall–Kier alpha value is -3.18. The van der Waals surface area contributed by atoms with Crippen molar-refractivity contribution in [2.75, 3.05) is 0 Å². The molecule has 2 aromatic heterocycles. The summed E-state index contributed by atoms with van der Waals surface area (Å²) in [6.45, 7) is 2.46. The van der Waals surface area contributed by atoms with Crippen LogP contribution in [0.2, 0.25) is 5.02 Å². The number of aryl methyl sites for hydroxylation is 1. The fraction of sp³-hybridized carbons (Fsp3) is 0.0952. The van der Waals surface area contributed by atoms with Crippen LogP contribution >= 0.6 is 11.6 Å². The number of aromatic nitrogens is 3. The standard InChI is InChI=1S/C21H16ClN3O2/c1-14-2-6-16(7-3-14)20-23-21(27-24-20)17-8-11-19(26)25(13-17)12-15-4-9-18(22)10-5-15/h2-11,13H,12H2,1H3. The normalized spacial score (nSPS) is 10.9. The largest absolute Gasteiger partial charge is 0.334 e. The summed E-state index contributed by atoms with van der Waals surface area (Å²) in [5, 5.41) is 4.71. The van der Waals surface area contributed by atoms with E-state index in [1.807, 2.05) is 43.3 Å². The van der Waals surface area contributed by atoms with Gasteiger partial charge in [0.15, 0.2) is 0 Å². The van der Waals surface area contributed by atoms with Gasteiger partial charge in [0.2, 0.25) is 5.82 Å². The maximum absolute atomic E-state index is 12.2.